The maximum Gasteiger partial charge on any atom is 0.136 e. The normalized spacial score (nSPS) is 18.0. The molecule has 1 aromatic carbocycles. The Kier molecular flexibility index (Phi) is 2.27. The molecule has 84 valence electrons. The van der Waals surface area contributed by atoms with Crippen LogP contribution in [0.2, 0.25) is 0 Å². The number of hydrogen-bond donors (Lipinski definition) is 1. The van der Waals surface area contributed by atoms with Gasteiger partial charge in [0.15, 0.2) is 0 Å². The van der Waals surface area contributed by atoms with Gasteiger partial charge in [-0.2, -0.15) is 0 Å². The van der Waals surface area contributed by atoms with E-state index in [9.17, 15) is 0 Å². The summed E-state index contributed by atoms with van der Waals surface area (Å²) in [7, 11) is 0. The SMILES string of the molecule is Nc1cccc2c1nnn2C1CCCCC1. The third kappa shape index (κ3) is 1.45. The van der Waals surface area contributed by atoms with Gasteiger partial charge in [0.2, 0.25) is 0 Å². The first-order chi connectivity index (χ1) is 7.86. The summed E-state index contributed by atoms with van der Waals surface area (Å²) in [4.78, 5) is 0. The fourth-order valence-corrected chi connectivity index (χ4v) is 2.58. The van der Waals surface area contributed by atoms with Crippen molar-refractivity contribution in [2.24, 2.45) is 0 Å². The van der Waals surface area contributed by atoms with Crippen molar-refractivity contribution in [2.45, 2.75) is 38.1 Å². The molecule has 4 heteroatoms. The third-order valence-electron chi connectivity index (χ3n) is 3.45. The van der Waals surface area contributed by atoms with Crippen LogP contribution in [0.5, 0.6) is 0 Å². The molecule has 16 heavy (non-hydrogen) atoms. The molecule has 1 aliphatic rings. The van der Waals surface area contributed by atoms with Crippen LogP contribution in [0.25, 0.3) is 11.0 Å². The molecule has 0 radical (unpaired) electrons. The van der Waals surface area contributed by atoms with Crippen molar-refractivity contribution in [1.29, 1.82) is 0 Å². The number of hydrogen-bond acceptors (Lipinski definition) is 3. The first-order valence-electron chi connectivity index (χ1n) is 5.95. The van der Waals surface area contributed by atoms with Gasteiger partial charge >= 0.3 is 0 Å². The largest absolute Gasteiger partial charge is 0.397 e. The van der Waals surface area contributed by atoms with Crippen LogP contribution in [0.15, 0.2) is 18.2 Å². The van der Waals surface area contributed by atoms with E-state index in [0.29, 0.717) is 6.04 Å². The summed E-state index contributed by atoms with van der Waals surface area (Å²) < 4.78 is 2.06. The topological polar surface area (TPSA) is 56.7 Å². The second-order valence-electron chi connectivity index (χ2n) is 4.54. The van der Waals surface area contributed by atoms with E-state index in [0.717, 1.165) is 16.7 Å². The maximum absolute atomic E-state index is 5.88. The van der Waals surface area contributed by atoms with Gasteiger partial charge in [0, 0.05) is 0 Å². The van der Waals surface area contributed by atoms with Gasteiger partial charge in [0.05, 0.1) is 17.2 Å². The van der Waals surface area contributed by atoms with Gasteiger partial charge in [-0.25, -0.2) is 4.68 Å². The molecule has 1 aliphatic carbocycles. The van der Waals surface area contributed by atoms with Crippen LogP contribution in [-0.2, 0) is 0 Å². The lowest BCUT2D eigenvalue weighted by Gasteiger charge is -2.21. The summed E-state index contributed by atoms with van der Waals surface area (Å²) in [6, 6.07) is 6.42. The van der Waals surface area contributed by atoms with E-state index in [1.165, 1.54) is 32.1 Å². The average molecular weight is 216 g/mol. The van der Waals surface area contributed by atoms with E-state index in [1.54, 1.807) is 0 Å². The second-order valence-corrected chi connectivity index (χ2v) is 4.54. The fraction of sp³-hybridized carbons (Fsp3) is 0.500. The first-order valence-corrected chi connectivity index (χ1v) is 5.95. The molecule has 1 aromatic heterocycles. The van der Waals surface area contributed by atoms with E-state index >= 15 is 0 Å². The van der Waals surface area contributed by atoms with Crippen molar-refractivity contribution >= 4 is 16.7 Å². The smallest absolute Gasteiger partial charge is 0.136 e. The molecule has 1 heterocycles. The van der Waals surface area contributed by atoms with E-state index in [-0.39, 0.29) is 0 Å². The van der Waals surface area contributed by atoms with Crippen LogP contribution in [0, 0.1) is 0 Å². The fourth-order valence-electron chi connectivity index (χ4n) is 2.58. The molecule has 0 unspecified atom stereocenters. The zero-order chi connectivity index (χ0) is 11.0. The molecule has 4 nitrogen and oxygen atoms in total. The van der Waals surface area contributed by atoms with E-state index in [1.807, 2.05) is 12.1 Å². The minimum Gasteiger partial charge on any atom is -0.397 e. The molecule has 2 N–H and O–H groups in total. The lowest BCUT2D eigenvalue weighted by Crippen LogP contribution is -2.14. The molecule has 1 fully saturated rings. The van der Waals surface area contributed by atoms with Gasteiger partial charge in [-0.05, 0) is 25.0 Å². The lowest BCUT2D eigenvalue weighted by molar-refractivity contribution is 0.331. The predicted octanol–water partition coefficient (Wildman–Crippen LogP) is 2.52. The van der Waals surface area contributed by atoms with Crippen LogP contribution >= 0.6 is 0 Å². The second kappa shape index (κ2) is 3.77. The Morgan fingerprint density at radius 2 is 2.00 bits per heavy atom. The number of nitrogen functional groups attached to an aromatic ring is 1. The quantitative estimate of drug-likeness (QED) is 0.745. The van der Waals surface area contributed by atoms with E-state index in [4.69, 9.17) is 5.73 Å². The highest BCUT2D eigenvalue weighted by Crippen LogP contribution is 2.30. The third-order valence-corrected chi connectivity index (χ3v) is 3.45. The molecule has 0 saturated heterocycles. The molecule has 3 rings (SSSR count). The number of aromatic nitrogens is 3. The summed E-state index contributed by atoms with van der Waals surface area (Å²) >= 11 is 0. The number of rotatable bonds is 1. The van der Waals surface area contributed by atoms with Crippen LogP contribution in [0.3, 0.4) is 0 Å². The van der Waals surface area contributed by atoms with Crippen LogP contribution in [0.4, 0.5) is 5.69 Å². The zero-order valence-corrected chi connectivity index (χ0v) is 9.26. The van der Waals surface area contributed by atoms with Gasteiger partial charge in [-0.15, -0.1) is 5.10 Å². The van der Waals surface area contributed by atoms with Gasteiger partial charge in [0.1, 0.15) is 5.52 Å². The Bertz CT molecular complexity index is 497. The van der Waals surface area contributed by atoms with Crippen LogP contribution in [0.1, 0.15) is 38.1 Å². The molecule has 0 aliphatic heterocycles. The summed E-state index contributed by atoms with van der Waals surface area (Å²) in [5.41, 5.74) is 8.52. The average Bonchev–Trinajstić information content (AvgIpc) is 2.75. The minimum atomic E-state index is 0.514. The number of benzene rings is 1. The molecule has 0 atom stereocenters. The Morgan fingerprint density at radius 1 is 1.19 bits per heavy atom. The molecular weight excluding hydrogens is 200 g/mol. The van der Waals surface area contributed by atoms with Crippen molar-refractivity contribution in [1.82, 2.24) is 15.0 Å². The van der Waals surface area contributed by atoms with Crippen LogP contribution < -0.4 is 5.73 Å². The van der Waals surface area contributed by atoms with Crippen molar-refractivity contribution in [3.8, 4) is 0 Å². The lowest BCUT2D eigenvalue weighted by atomic mass is 9.95. The van der Waals surface area contributed by atoms with Crippen molar-refractivity contribution < 1.29 is 0 Å². The van der Waals surface area contributed by atoms with E-state index < -0.39 is 0 Å². The van der Waals surface area contributed by atoms with Crippen molar-refractivity contribution in [3.05, 3.63) is 18.2 Å². The molecule has 2 aromatic rings. The van der Waals surface area contributed by atoms with Gasteiger partial charge in [-0.1, -0.05) is 30.5 Å². The highest BCUT2D eigenvalue weighted by atomic mass is 15.4. The summed E-state index contributed by atoms with van der Waals surface area (Å²) in [6.45, 7) is 0. The minimum absolute atomic E-state index is 0.514. The number of nitrogens with zero attached hydrogens (tertiary/aromatic N) is 3. The predicted molar refractivity (Wildman–Crippen MR) is 64.1 cm³/mol. The highest BCUT2D eigenvalue weighted by Gasteiger charge is 2.18. The molecule has 0 bridgehead atoms. The van der Waals surface area contributed by atoms with E-state index in [2.05, 4.69) is 21.1 Å². The van der Waals surface area contributed by atoms with Gasteiger partial charge in [-0.3, -0.25) is 0 Å². The number of anilines is 1. The summed E-state index contributed by atoms with van der Waals surface area (Å²) in [5, 5.41) is 8.45. The number of fused-ring (bicyclic) bond motifs is 1. The molecular formula is C12H16N4. The van der Waals surface area contributed by atoms with Crippen molar-refractivity contribution in [3.63, 3.8) is 0 Å². The number of nitrogens with two attached hydrogens (primary N) is 1. The Balaban J connectivity index is 2.06. The monoisotopic (exact) mass is 216 g/mol. The molecule has 0 amide bonds. The van der Waals surface area contributed by atoms with Crippen LogP contribution in [-0.4, -0.2) is 15.0 Å². The summed E-state index contributed by atoms with van der Waals surface area (Å²) in [5.74, 6) is 0. The standard InChI is InChI=1S/C12H16N4/c13-10-7-4-8-11-12(10)14-15-16(11)9-5-2-1-3-6-9/h4,7-9H,1-3,5-6,13H2. The zero-order valence-electron chi connectivity index (χ0n) is 9.26. The molecule has 0 spiro atoms. The Labute approximate surface area is 94.4 Å². The first kappa shape index (κ1) is 9.63. The summed E-state index contributed by atoms with van der Waals surface area (Å²) in [6.07, 6.45) is 6.38. The van der Waals surface area contributed by atoms with Crippen molar-refractivity contribution in [2.75, 3.05) is 5.73 Å². The van der Waals surface area contributed by atoms with Gasteiger partial charge < -0.3 is 5.73 Å². The van der Waals surface area contributed by atoms with Gasteiger partial charge in [0.25, 0.3) is 0 Å². The Morgan fingerprint density at radius 3 is 2.81 bits per heavy atom. The molecule has 1 saturated carbocycles. The Hall–Kier alpha value is -1.58. The maximum atomic E-state index is 5.88. The highest BCUT2D eigenvalue weighted by molar-refractivity contribution is 5.86.